The topological polar surface area (TPSA) is 25.2 Å². The third-order valence-corrected chi connectivity index (χ3v) is 4.57. The molecule has 1 N–H and O–H groups in total. The Kier molecular flexibility index (Phi) is 3.83. The molecular weight excluding hydrogens is 333 g/mol. The fourth-order valence-electron chi connectivity index (χ4n) is 2.58. The highest BCUT2D eigenvalue weighted by Gasteiger charge is 2.20. The van der Waals surface area contributed by atoms with Crippen LogP contribution in [0.15, 0.2) is 51.4 Å². The van der Waals surface area contributed by atoms with Crippen LogP contribution in [-0.4, -0.2) is 7.05 Å². The standard InChI is InChI=1S/C17H15BrFNO/c1-10-12(6-4-7-13(10)18)16(20-2)15-9-11-5-3-8-14(19)17(11)21-15/h3-9,16,20H,1-2H3. The number of halogens is 2. The number of nitrogens with one attached hydrogen (secondary N) is 1. The second-order valence-electron chi connectivity index (χ2n) is 4.98. The van der Waals surface area contributed by atoms with Crippen molar-refractivity contribution in [3.63, 3.8) is 0 Å². The van der Waals surface area contributed by atoms with Crippen LogP contribution in [0.25, 0.3) is 11.0 Å². The third kappa shape index (κ3) is 2.49. The summed E-state index contributed by atoms with van der Waals surface area (Å²) in [5, 5.41) is 4.02. The summed E-state index contributed by atoms with van der Waals surface area (Å²) in [5.74, 6) is 0.373. The summed E-state index contributed by atoms with van der Waals surface area (Å²) in [6, 6.07) is 12.8. The van der Waals surface area contributed by atoms with Gasteiger partial charge in [0.15, 0.2) is 11.4 Å². The van der Waals surface area contributed by atoms with E-state index in [1.165, 1.54) is 6.07 Å². The molecule has 0 saturated heterocycles. The van der Waals surface area contributed by atoms with E-state index in [2.05, 4.69) is 21.2 Å². The van der Waals surface area contributed by atoms with E-state index < -0.39 is 0 Å². The molecule has 0 bridgehead atoms. The summed E-state index contributed by atoms with van der Waals surface area (Å²) in [7, 11) is 1.87. The number of hydrogen-bond donors (Lipinski definition) is 1. The SMILES string of the molecule is CNC(c1cc2cccc(F)c2o1)c1cccc(Br)c1C. The molecule has 2 nitrogen and oxygen atoms in total. The van der Waals surface area contributed by atoms with Crippen LogP contribution >= 0.6 is 15.9 Å². The molecule has 3 rings (SSSR count). The number of para-hydroxylation sites is 1. The Labute approximate surface area is 131 Å². The van der Waals surface area contributed by atoms with Crippen molar-refractivity contribution >= 4 is 26.9 Å². The van der Waals surface area contributed by atoms with Crippen molar-refractivity contribution in [3.8, 4) is 0 Å². The Hall–Kier alpha value is -1.65. The van der Waals surface area contributed by atoms with Crippen molar-refractivity contribution in [1.29, 1.82) is 0 Å². The fourth-order valence-corrected chi connectivity index (χ4v) is 2.96. The highest BCUT2D eigenvalue weighted by Crippen LogP contribution is 2.32. The molecule has 0 aliphatic heterocycles. The lowest BCUT2D eigenvalue weighted by molar-refractivity contribution is 0.475. The van der Waals surface area contributed by atoms with Gasteiger partial charge in [-0.05, 0) is 43.3 Å². The predicted octanol–water partition coefficient (Wildman–Crippen LogP) is 4.95. The molecule has 4 heteroatoms. The van der Waals surface area contributed by atoms with E-state index >= 15 is 0 Å². The van der Waals surface area contributed by atoms with Crippen LogP contribution < -0.4 is 5.32 Å². The van der Waals surface area contributed by atoms with Crippen molar-refractivity contribution < 1.29 is 8.81 Å². The molecule has 21 heavy (non-hydrogen) atoms. The van der Waals surface area contributed by atoms with Crippen LogP contribution in [0.4, 0.5) is 4.39 Å². The number of hydrogen-bond acceptors (Lipinski definition) is 2. The Morgan fingerprint density at radius 1 is 1.19 bits per heavy atom. The van der Waals surface area contributed by atoms with Crippen molar-refractivity contribution in [2.75, 3.05) is 7.05 Å². The van der Waals surface area contributed by atoms with E-state index in [0.29, 0.717) is 11.3 Å². The van der Waals surface area contributed by atoms with Crippen molar-refractivity contribution in [1.82, 2.24) is 5.32 Å². The van der Waals surface area contributed by atoms with Crippen LogP contribution in [0.2, 0.25) is 0 Å². The lowest BCUT2D eigenvalue weighted by Crippen LogP contribution is -2.18. The van der Waals surface area contributed by atoms with Gasteiger partial charge in [0.1, 0.15) is 5.76 Å². The van der Waals surface area contributed by atoms with Gasteiger partial charge < -0.3 is 9.73 Å². The fraction of sp³-hybridized carbons (Fsp3) is 0.176. The van der Waals surface area contributed by atoms with Gasteiger partial charge in [0.25, 0.3) is 0 Å². The van der Waals surface area contributed by atoms with Crippen LogP contribution in [0.5, 0.6) is 0 Å². The van der Waals surface area contributed by atoms with Gasteiger partial charge >= 0.3 is 0 Å². The second-order valence-corrected chi connectivity index (χ2v) is 5.84. The van der Waals surface area contributed by atoms with Crippen molar-refractivity contribution in [2.45, 2.75) is 13.0 Å². The molecular formula is C17H15BrFNO. The molecule has 1 unspecified atom stereocenters. The van der Waals surface area contributed by atoms with E-state index in [1.54, 1.807) is 6.07 Å². The lowest BCUT2D eigenvalue weighted by atomic mass is 9.99. The van der Waals surface area contributed by atoms with Crippen LogP contribution in [0.3, 0.4) is 0 Å². The molecule has 2 aromatic carbocycles. The Bertz CT molecular complexity index is 797. The van der Waals surface area contributed by atoms with Gasteiger partial charge in [0, 0.05) is 9.86 Å². The zero-order chi connectivity index (χ0) is 15.0. The van der Waals surface area contributed by atoms with Crippen molar-refractivity contribution in [2.24, 2.45) is 0 Å². The van der Waals surface area contributed by atoms with E-state index in [0.717, 1.165) is 21.0 Å². The van der Waals surface area contributed by atoms with Gasteiger partial charge in [-0.2, -0.15) is 0 Å². The Morgan fingerprint density at radius 2 is 1.95 bits per heavy atom. The van der Waals surface area contributed by atoms with E-state index in [1.807, 2.05) is 44.3 Å². The molecule has 0 fully saturated rings. The zero-order valence-electron chi connectivity index (χ0n) is 11.8. The summed E-state index contributed by atoms with van der Waals surface area (Å²) in [6.45, 7) is 2.05. The van der Waals surface area contributed by atoms with Crippen LogP contribution in [0, 0.1) is 12.7 Å². The Balaban J connectivity index is 2.14. The third-order valence-electron chi connectivity index (χ3n) is 3.71. The summed E-state index contributed by atoms with van der Waals surface area (Å²) >= 11 is 3.54. The minimum Gasteiger partial charge on any atom is -0.456 e. The van der Waals surface area contributed by atoms with Gasteiger partial charge in [-0.25, -0.2) is 4.39 Å². The van der Waals surface area contributed by atoms with Gasteiger partial charge in [-0.3, -0.25) is 0 Å². The highest BCUT2D eigenvalue weighted by molar-refractivity contribution is 9.10. The number of benzene rings is 2. The summed E-state index contributed by atoms with van der Waals surface area (Å²) in [5.41, 5.74) is 2.55. The average molecular weight is 348 g/mol. The molecule has 1 aromatic heterocycles. The monoisotopic (exact) mass is 347 g/mol. The average Bonchev–Trinajstić information content (AvgIpc) is 2.89. The molecule has 0 spiro atoms. The van der Waals surface area contributed by atoms with Crippen molar-refractivity contribution in [3.05, 3.63) is 69.6 Å². The van der Waals surface area contributed by atoms with Crippen LogP contribution in [-0.2, 0) is 0 Å². The molecule has 0 radical (unpaired) electrons. The zero-order valence-corrected chi connectivity index (χ0v) is 13.4. The maximum Gasteiger partial charge on any atom is 0.169 e. The molecule has 0 amide bonds. The molecule has 0 aliphatic carbocycles. The first kappa shape index (κ1) is 14.3. The van der Waals surface area contributed by atoms with Gasteiger partial charge in [-0.1, -0.05) is 40.2 Å². The molecule has 0 saturated carbocycles. The Morgan fingerprint density at radius 3 is 2.67 bits per heavy atom. The lowest BCUT2D eigenvalue weighted by Gasteiger charge is -2.17. The molecule has 1 atom stereocenters. The van der Waals surface area contributed by atoms with Crippen LogP contribution in [0.1, 0.15) is 22.9 Å². The normalized spacial score (nSPS) is 12.8. The molecule has 1 heterocycles. The van der Waals surface area contributed by atoms with Gasteiger partial charge in [0.2, 0.25) is 0 Å². The first-order valence-electron chi connectivity index (χ1n) is 6.72. The summed E-state index contributed by atoms with van der Waals surface area (Å²) in [4.78, 5) is 0. The number of fused-ring (bicyclic) bond motifs is 1. The molecule has 108 valence electrons. The molecule has 3 aromatic rings. The first-order chi connectivity index (χ1) is 10.1. The first-order valence-corrected chi connectivity index (χ1v) is 7.51. The van der Waals surface area contributed by atoms with Gasteiger partial charge in [0.05, 0.1) is 6.04 Å². The molecule has 0 aliphatic rings. The quantitative estimate of drug-likeness (QED) is 0.724. The summed E-state index contributed by atoms with van der Waals surface area (Å²) < 4.78 is 20.6. The smallest absolute Gasteiger partial charge is 0.169 e. The minimum absolute atomic E-state index is 0.116. The maximum absolute atomic E-state index is 13.8. The maximum atomic E-state index is 13.8. The highest BCUT2D eigenvalue weighted by atomic mass is 79.9. The predicted molar refractivity (Wildman–Crippen MR) is 86.0 cm³/mol. The summed E-state index contributed by atoms with van der Waals surface area (Å²) in [6.07, 6.45) is 0. The van der Waals surface area contributed by atoms with E-state index in [4.69, 9.17) is 4.42 Å². The largest absolute Gasteiger partial charge is 0.456 e. The van der Waals surface area contributed by atoms with E-state index in [9.17, 15) is 4.39 Å². The van der Waals surface area contributed by atoms with Gasteiger partial charge in [-0.15, -0.1) is 0 Å². The minimum atomic E-state index is -0.334. The second kappa shape index (κ2) is 5.62. The number of furan rings is 1. The van der Waals surface area contributed by atoms with E-state index in [-0.39, 0.29) is 11.9 Å². The number of rotatable bonds is 3.